The highest BCUT2D eigenvalue weighted by Gasteiger charge is 2.28. The summed E-state index contributed by atoms with van der Waals surface area (Å²) < 4.78 is 3.66. The third-order valence-electron chi connectivity index (χ3n) is 2.43. The lowest BCUT2D eigenvalue weighted by Gasteiger charge is -2.23. The van der Waals surface area contributed by atoms with Crippen molar-refractivity contribution in [3.63, 3.8) is 0 Å². The van der Waals surface area contributed by atoms with E-state index in [1.165, 1.54) is 0 Å². The van der Waals surface area contributed by atoms with Crippen molar-refractivity contribution < 1.29 is 0 Å². The van der Waals surface area contributed by atoms with Gasteiger partial charge in [0.05, 0.1) is 11.9 Å². The van der Waals surface area contributed by atoms with Crippen molar-refractivity contribution in [3.05, 3.63) is 24.5 Å². The second-order valence-electron chi connectivity index (χ2n) is 4.04. The molecule has 6 heteroatoms. The Hall–Kier alpha value is -1.85. The summed E-state index contributed by atoms with van der Waals surface area (Å²) in [5.74, 6) is 0.839. The summed E-state index contributed by atoms with van der Waals surface area (Å²) in [6.45, 7) is 4.03. The molecule has 2 aromatic rings. The predicted octanol–water partition coefficient (Wildman–Crippen LogP) is 0.377. The molecule has 0 amide bonds. The summed E-state index contributed by atoms with van der Waals surface area (Å²) in [4.78, 5) is 0. The summed E-state index contributed by atoms with van der Waals surface area (Å²) in [6.07, 6.45) is 5.08. The van der Waals surface area contributed by atoms with Crippen molar-refractivity contribution in [2.45, 2.75) is 19.4 Å². The molecule has 0 saturated carbocycles. The van der Waals surface area contributed by atoms with Gasteiger partial charge in [0.1, 0.15) is 11.9 Å². The molecule has 0 atom stereocenters. The molecule has 0 aliphatic heterocycles. The van der Waals surface area contributed by atoms with Crippen LogP contribution in [0.3, 0.4) is 0 Å². The number of aryl methyl sites for hydroxylation is 1. The fraction of sp³-hybridized carbons (Fsp3) is 0.444. The van der Waals surface area contributed by atoms with Gasteiger partial charge in [-0.2, -0.15) is 5.10 Å². The van der Waals surface area contributed by atoms with Crippen LogP contribution in [0.1, 0.15) is 19.7 Å². The fourth-order valence-corrected chi connectivity index (χ4v) is 1.58. The van der Waals surface area contributed by atoms with Gasteiger partial charge in [-0.3, -0.25) is 4.68 Å². The molecule has 0 saturated heterocycles. The van der Waals surface area contributed by atoms with E-state index in [9.17, 15) is 0 Å². The molecular formula is C9H14N6. The third kappa shape index (κ3) is 1.47. The topological polar surface area (TPSA) is 74.5 Å². The van der Waals surface area contributed by atoms with Crippen LogP contribution in [0.5, 0.6) is 0 Å². The van der Waals surface area contributed by atoms with Crippen LogP contribution in [-0.4, -0.2) is 24.5 Å². The maximum Gasteiger partial charge on any atom is 0.160 e. The Balaban J connectivity index is 2.47. The molecule has 0 unspecified atom stereocenters. The number of nitrogens with zero attached hydrogens (tertiary/aromatic N) is 5. The number of rotatable bonds is 2. The normalized spacial score (nSPS) is 11.9. The highest BCUT2D eigenvalue weighted by Crippen LogP contribution is 2.22. The Morgan fingerprint density at radius 2 is 2.13 bits per heavy atom. The van der Waals surface area contributed by atoms with E-state index in [1.807, 2.05) is 25.5 Å². The number of aromatic nitrogens is 5. The fourth-order valence-electron chi connectivity index (χ4n) is 1.58. The standard InChI is InChI=1S/C9H14N6/c1-9(2,8-13-11-6-14(8)3)15-5-7(10)4-12-15/h4-6H,10H2,1-3H3. The van der Waals surface area contributed by atoms with Crippen LogP contribution in [0.4, 0.5) is 5.69 Å². The predicted molar refractivity (Wildman–Crippen MR) is 56.1 cm³/mol. The smallest absolute Gasteiger partial charge is 0.160 e. The van der Waals surface area contributed by atoms with Crippen LogP contribution in [0.2, 0.25) is 0 Å². The second kappa shape index (κ2) is 3.08. The molecule has 0 aliphatic rings. The molecule has 0 radical (unpaired) electrons. The number of hydrogen-bond donors (Lipinski definition) is 1. The van der Waals surface area contributed by atoms with Gasteiger partial charge in [0.2, 0.25) is 0 Å². The highest BCUT2D eigenvalue weighted by atomic mass is 15.4. The van der Waals surface area contributed by atoms with Gasteiger partial charge in [0, 0.05) is 13.2 Å². The van der Waals surface area contributed by atoms with E-state index >= 15 is 0 Å². The first-order valence-electron chi connectivity index (χ1n) is 4.67. The van der Waals surface area contributed by atoms with Crippen molar-refractivity contribution in [1.82, 2.24) is 24.5 Å². The number of hydrogen-bond acceptors (Lipinski definition) is 4. The van der Waals surface area contributed by atoms with Crippen molar-refractivity contribution in [1.29, 1.82) is 0 Å². The largest absolute Gasteiger partial charge is 0.396 e. The molecule has 0 bridgehead atoms. The Morgan fingerprint density at radius 1 is 1.40 bits per heavy atom. The van der Waals surface area contributed by atoms with E-state index in [2.05, 4.69) is 15.3 Å². The maximum atomic E-state index is 5.64. The average Bonchev–Trinajstić information content (AvgIpc) is 2.74. The molecule has 80 valence electrons. The SMILES string of the molecule is Cn1cnnc1C(C)(C)n1cc(N)cn1. The third-order valence-corrected chi connectivity index (χ3v) is 2.43. The van der Waals surface area contributed by atoms with Gasteiger partial charge in [-0.05, 0) is 13.8 Å². The van der Waals surface area contributed by atoms with E-state index in [-0.39, 0.29) is 5.54 Å². The summed E-state index contributed by atoms with van der Waals surface area (Å²) >= 11 is 0. The van der Waals surface area contributed by atoms with E-state index < -0.39 is 0 Å². The Bertz CT molecular complexity index is 466. The van der Waals surface area contributed by atoms with Crippen LogP contribution in [0.25, 0.3) is 0 Å². The van der Waals surface area contributed by atoms with Crippen LogP contribution in [-0.2, 0) is 12.6 Å². The van der Waals surface area contributed by atoms with Crippen molar-refractivity contribution in [2.24, 2.45) is 7.05 Å². The quantitative estimate of drug-likeness (QED) is 0.770. The zero-order chi connectivity index (χ0) is 11.1. The van der Waals surface area contributed by atoms with Crippen LogP contribution < -0.4 is 5.73 Å². The van der Waals surface area contributed by atoms with E-state index in [0.29, 0.717) is 5.69 Å². The minimum atomic E-state index is -0.358. The van der Waals surface area contributed by atoms with Crippen LogP contribution >= 0.6 is 0 Å². The summed E-state index contributed by atoms with van der Waals surface area (Å²) in [5, 5.41) is 12.1. The monoisotopic (exact) mass is 206 g/mol. The lowest BCUT2D eigenvalue weighted by molar-refractivity contribution is 0.358. The van der Waals surface area contributed by atoms with Crippen LogP contribution in [0, 0.1) is 0 Å². The van der Waals surface area contributed by atoms with E-state index in [0.717, 1.165) is 5.82 Å². The molecule has 0 fully saturated rings. The maximum absolute atomic E-state index is 5.64. The molecule has 0 spiro atoms. The molecular weight excluding hydrogens is 192 g/mol. The molecule has 0 aliphatic carbocycles. The summed E-state index contributed by atoms with van der Waals surface area (Å²) in [7, 11) is 1.91. The van der Waals surface area contributed by atoms with E-state index in [4.69, 9.17) is 5.73 Å². The van der Waals surface area contributed by atoms with Gasteiger partial charge in [0.15, 0.2) is 5.82 Å². The van der Waals surface area contributed by atoms with Crippen LogP contribution in [0.15, 0.2) is 18.7 Å². The molecule has 2 aromatic heterocycles. The number of nitrogen functional groups attached to an aromatic ring is 1. The molecule has 2 rings (SSSR count). The number of anilines is 1. The zero-order valence-electron chi connectivity index (χ0n) is 9.05. The van der Waals surface area contributed by atoms with Gasteiger partial charge in [-0.1, -0.05) is 0 Å². The van der Waals surface area contributed by atoms with Gasteiger partial charge >= 0.3 is 0 Å². The Labute approximate surface area is 87.7 Å². The Morgan fingerprint density at radius 3 is 2.60 bits per heavy atom. The first-order valence-corrected chi connectivity index (χ1v) is 4.67. The summed E-state index contributed by atoms with van der Waals surface area (Å²) in [5.41, 5.74) is 5.93. The average molecular weight is 206 g/mol. The van der Waals surface area contributed by atoms with Gasteiger partial charge < -0.3 is 10.3 Å². The van der Waals surface area contributed by atoms with Gasteiger partial charge in [-0.25, -0.2) is 0 Å². The molecule has 6 nitrogen and oxygen atoms in total. The lowest BCUT2D eigenvalue weighted by Crippen LogP contribution is -2.31. The number of nitrogens with two attached hydrogens (primary N) is 1. The van der Waals surface area contributed by atoms with Crippen molar-refractivity contribution in [3.8, 4) is 0 Å². The highest BCUT2D eigenvalue weighted by molar-refractivity contribution is 5.31. The molecule has 0 aromatic carbocycles. The second-order valence-corrected chi connectivity index (χ2v) is 4.04. The first kappa shape index (κ1) is 9.70. The summed E-state index contributed by atoms with van der Waals surface area (Å²) in [6, 6.07) is 0. The minimum Gasteiger partial charge on any atom is -0.396 e. The van der Waals surface area contributed by atoms with Crippen molar-refractivity contribution in [2.75, 3.05) is 5.73 Å². The minimum absolute atomic E-state index is 0.358. The molecule has 2 heterocycles. The lowest BCUT2D eigenvalue weighted by atomic mass is 10.1. The Kier molecular flexibility index (Phi) is 1.99. The molecule has 2 N–H and O–H groups in total. The molecule has 15 heavy (non-hydrogen) atoms. The zero-order valence-corrected chi connectivity index (χ0v) is 9.05. The van der Waals surface area contributed by atoms with Gasteiger partial charge in [0.25, 0.3) is 0 Å². The van der Waals surface area contributed by atoms with Crippen molar-refractivity contribution >= 4 is 5.69 Å². The van der Waals surface area contributed by atoms with Gasteiger partial charge in [-0.15, -0.1) is 10.2 Å². The first-order chi connectivity index (χ1) is 7.01. The van der Waals surface area contributed by atoms with E-state index in [1.54, 1.807) is 23.4 Å².